The molecule has 0 spiro atoms. The lowest BCUT2D eigenvalue weighted by Crippen LogP contribution is -2.06. The Labute approximate surface area is 140 Å². The summed E-state index contributed by atoms with van der Waals surface area (Å²) in [6, 6.07) is 0. The zero-order valence-electron chi connectivity index (χ0n) is 14.2. The Hall–Kier alpha value is -1.87. The molecule has 1 N–H and O–H groups in total. The minimum Gasteiger partial charge on any atom is -0.480 e. The molecular weight excluding hydrogens is 288 g/mol. The first kappa shape index (κ1) is 21.1. The lowest BCUT2D eigenvalue weighted by molar-refractivity contribution is -0.141. The molecule has 0 amide bonds. The van der Waals surface area contributed by atoms with Crippen LogP contribution in [0.25, 0.3) is 0 Å². The van der Waals surface area contributed by atoms with Gasteiger partial charge in [-0.3, -0.25) is 0 Å². The molecule has 0 saturated heterocycles. The van der Waals surface area contributed by atoms with Gasteiger partial charge >= 0.3 is 5.97 Å². The molecule has 0 aliphatic heterocycles. The van der Waals surface area contributed by atoms with Gasteiger partial charge in [-0.15, -0.1) is 0 Å². The van der Waals surface area contributed by atoms with E-state index in [0.717, 1.165) is 38.5 Å². The highest BCUT2D eigenvalue weighted by Gasteiger charge is 1.92. The maximum absolute atomic E-state index is 10.2. The minimum absolute atomic E-state index is 0.235. The van der Waals surface area contributed by atoms with Crippen LogP contribution in [0, 0.1) is 0 Å². The molecule has 0 radical (unpaired) electrons. The number of allylic oxidation sites excluding steroid dienone is 9. The number of carbonyl (C=O) groups is 1. The summed E-state index contributed by atoms with van der Waals surface area (Å²) in [5.74, 6) is -0.932. The van der Waals surface area contributed by atoms with Crippen molar-refractivity contribution in [1.29, 1.82) is 0 Å². The first-order chi connectivity index (χ1) is 11.3. The Bertz CT molecular complexity index is 415. The molecule has 3 heteroatoms. The van der Waals surface area contributed by atoms with Crippen molar-refractivity contribution in [2.24, 2.45) is 0 Å². The summed E-state index contributed by atoms with van der Waals surface area (Å²) in [5, 5.41) is 8.38. The fourth-order valence-electron chi connectivity index (χ4n) is 1.69. The number of hydrogen-bond acceptors (Lipinski definition) is 2. The molecule has 0 aliphatic carbocycles. The summed E-state index contributed by atoms with van der Waals surface area (Å²) in [7, 11) is 0. The summed E-state index contributed by atoms with van der Waals surface area (Å²) in [6.07, 6.45) is 27.4. The number of rotatable bonds is 14. The first-order valence-electron chi connectivity index (χ1n) is 8.31. The van der Waals surface area contributed by atoms with Crippen molar-refractivity contribution >= 4 is 5.97 Å². The van der Waals surface area contributed by atoms with E-state index in [1.54, 1.807) is 0 Å². The van der Waals surface area contributed by atoms with E-state index in [1.807, 2.05) is 12.2 Å². The minimum atomic E-state index is -0.932. The van der Waals surface area contributed by atoms with Crippen molar-refractivity contribution in [1.82, 2.24) is 0 Å². The highest BCUT2D eigenvalue weighted by Crippen LogP contribution is 1.97. The second-order valence-electron chi connectivity index (χ2n) is 4.96. The highest BCUT2D eigenvalue weighted by molar-refractivity contribution is 5.67. The van der Waals surface area contributed by atoms with E-state index in [0.29, 0.717) is 6.61 Å². The Kier molecular flexibility index (Phi) is 16.7. The summed E-state index contributed by atoms with van der Waals surface area (Å²) >= 11 is 0. The van der Waals surface area contributed by atoms with Gasteiger partial charge in [0.05, 0.1) is 6.61 Å². The van der Waals surface area contributed by atoms with E-state index in [9.17, 15) is 4.79 Å². The van der Waals surface area contributed by atoms with Gasteiger partial charge in [0.25, 0.3) is 0 Å². The van der Waals surface area contributed by atoms with Crippen LogP contribution in [0.1, 0.15) is 45.4 Å². The number of unbranched alkanes of at least 4 members (excludes halogenated alkanes) is 1. The quantitative estimate of drug-likeness (QED) is 0.352. The number of carboxylic acids is 1. The van der Waals surface area contributed by atoms with Gasteiger partial charge in [0, 0.05) is 0 Å². The SMILES string of the molecule is CC/C=C\C/C=C\C/C=C\C/C=C\CC/C=C/COCC(=O)O. The molecule has 0 unspecified atom stereocenters. The van der Waals surface area contributed by atoms with Gasteiger partial charge in [-0.2, -0.15) is 0 Å². The third kappa shape index (κ3) is 20.1. The first-order valence-corrected chi connectivity index (χ1v) is 8.31. The van der Waals surface area contributed by atoms with Crippen LogP contribution in [0.5, 0.6) is 0 Å². The molecule has 128 valence electrons. The van der Waals surface area contributed by atoms with Crippen LogP contribution in [0.4, 0.5) is 0 Å². The molecular formula is C20H30O3. The number of aliphatic carboxylic acids is 1. The van der Waals surface area contributed by atoms with Crippen molar-refractivity contribution < 1.29 is 14.6 Å². The molecule has 3 nitrogen and oxygen atoms in total. The van der Waals surface area contributed by atoms with Crippen molar-refractivity contribution in [2.45, 2.75) is 45.4 Å². The van der Waals surface area contributed by atoms with E-state index in [-0.39, 0.29) is 6.61 Å². The van der Waals surface area contributed by atoms with Crippen LogP contribution in [-0.4, -0.2) is 24.3 Å². The van der Waals surface area contributed by atoms with E-state index in [1.165, 1.54) is 0 Å². The second kappa shape index (κ2) is 18.2. The predicted molar refractivity (Wildman–Crippen MR) is 97.5 cm³/mol. The average Bonchev–Trinajstić information content (AvgIpc) is 2.53. The highest BCUT2D eigenvalue weighted by atomic mass is 16.5. The smallest absolute Gasteiger partial charge is 0.329 e. The molecule has 0 fully saturated rings. The average molecular weight is 318 g/mol. The third-order valence-electron chi connectivity index (χ3n) is 2.83. The van der Waals surface area contributed by atoms with Gasteiger partial charge in [0.1, 0.15) is 6.61 Å². The van der Waals surface area contributed by atoms with Crippen molar-refractivity contribution in [3.05, 3.63) is 60.8 Å². The lowest BCUT2D eigenvalue weighted by Gasteiger charge is -1.94. The van der Waals surface area contributed by atoms with E-state index >= 15 is 0 Å². The largest absolute Gasteiger partial charge is 0.480 e. The van der Waals surface area contributed by atoms with Gasteiger partial charge in [0.2, 0.25) is 0 Å². The normalized spacial score (nSPS) is 12.7. The van der Waals surface area contributed by atoms with Crippen molar-refractivity contribution in [3.8, 4) is 0 Å². The Morgan fingerprint density at radius 3 is 1.78 bits per heavy atom. The molecule has 0 heterocycles. The molecule has 0 aromatic carbocycles. The molecule has 0 bridgehead atoms. The van der Waals surface area contributed by atoms with Gasteiger partial charge in [0.15, 0.2) is 0 Å². The molecule has 0 aliphatic rings. The van der Waals surface area contributed by atoms with Crippen LogP contribution in [0.15, 0.2) is 60.8 Å². The number of hydrogen-bond donors (Lipinski definition) is 1. The van der Waals surface area contributed by atoms with Gasteiger partial charge in [-0.05, 0) is 38.5 Å². The summed E-state index contributed by atoms with van der Waals surface area (Å²) in [5.41, 5.74) is 0. The predicted octanol–water partition coefficient (Wildman–Crippen LogP) is 5.23. The molecule has 0 aromatic heterocycles. The summed E-state index contributed by atoms with van der Waals surface area (Å²) in [6.45, 7) is 2.27. The number of carboxylic acid groups (broad SMARTS) is 1. The van der Waals surface area contributed by atoms with Crippen molar-refractivity contribution in [2.75, 3.05) is 13.2 Å². The maximum Gasteiger partial charge on any atom is 0.329 e. The molecule has 0 rings (SSSR count). The van der Waals surface area contributed by atoms with E-state index < -0.39 is 5.97 Å². The Morgan fingerprint density at radius 1 is 0.783 bits per heavy atom. The second-order valence-corrected chi connectivity index (χ2v) is 4.96. The fraction of sp³-hybridized carbons (Fsp3) is 0.450. The van der Waals surface area contributed by atoms with E-state index in [4.69, 9.17) is 9.84 Å². The maximum atomic E-state index is 10.2. The molecule has 0 saturated carbocycles. The molecule has 0 atom stereocenters. The van der Waals surface area contributed by atoms with Gasteiger partial charge in [-0.1, -0.05) is 67.7 Å². The summed E-state index contributed by atoms with van der Waals surface area (Å²) in [4.78, 5) is 10.2. The van der Waals surface area contributed by atoms with Crippen LogP contribution < -0.4 is 0 Å². The summed E-state index contributed by atoms with van der Waals surface area (Å²) < 4.78 is 4.89. The van der Waals surface area contributed by atoms with Gasteiger partial charge in [-0.25, -0.2) is 4.79 Å². The van der Waals surface area contributed by atoms with Crippen LogP contribution in [0.3, 0.4) is 0 Å². The Morgan fingerprint density at radius 2 is 1.26 bits per heavy atom. The van der Waals surface area contributed by atoms with Crippen LogP contribution in [0.2, 0.25) is 0 Å². The van der Waals surface area contributed by atoms with E-state index in [2.05, 4.69) is 55.5 Å². The zero-order chi connectivity index (χ0) is 17.0. The lowest BCUT2D eigenvalue weighted by atomic mass is 10.2. The molecule has 0 aromatic rings. The Balaban J connectivity index is 3.43. The van der Waals surface area contributed by atoms with Crippen LogP contribution in [-0.2, 0) is 9.53 Å². The fourth-order valence-corrected chi connectivity index (χ4v) is 1.69. The molecule has 23 heavy (non-hydrogen) atoms. The van der Waals surface area contributed by atoms with Crippen LogP contribution >= 0.6 is 0 Å². The number of ether oxygens (including phenoxy) is 1. The van der Waals surface area contributed by atoms with Gasteiger partial charge < -0.3 is 9.84 Å². The monoisotopic (exact) mass is 318 g/mol. The standard InChI is InChI=1S/C20H30O3/c1-2-3-4-5-6-7-8-9-10-11-12-13-14-15-16-17-18-23-19-20(21)22/h3-4,6-7,9-10,12-13,16-17H,2,5,8,11,14-15,18-19H2,1H3,(H,21,22)/b4-3-,7-6-,10-9-,13-12-,17-16+. The van der Waals surface area contributed by atoms with Crippen molar-refractivity contribution in [3.63, 3.8) is 0 Å². The topological polar surface area (TPSA) is 46.5 Å². The third-order valence-corrected chi connectivity index (χ3v) is 2.83. The zero-order valence-corrected chi connectivity index (χ0v) is 14.2.